The molecule has 7 rings (SSSR count). The van der Waals surface area contributed by atoms with Crippen molar-refractivity contribution in [1.82, 2.24) is 44.2 Å². The summed E-state index contributed by atoms with van der Waals surface area (Å²) < 4.78 is 124. The molecule has 2 fully saturated rings. The van der Waals surface area contributed by atoms with E-state index in [2.05, 4.69) is 25.1 Å². The Morgan fingerprint density at radius 1 is 0.679 bits per heavy atom. The van der Waals surface area contributed by atoms with Crippen LogP contribution in [0.1, 0.15) is 77.5 Å². The number of carbonyl (C=O) groups excluding carboxylic acids is 2. The fraction of sp³-hybridized carbons (Fsp3) is 0.481. The summed E-state index contributed by atoms with van der Waals surface area (Å²) in [7, 11) is -9.21. The second-order valence-electron chi connectivity index (χ2n) is 20.8. The molecule has 0 radical (unpaired) electrons. The Kier molecular flexibility index (Phi) is 18.6. The number of nitrogens with zero attached hydrogens (tertiary/aromatic N) is 7. The summed E-state index contributed by atoms with van der Waals surface area (Å²) in [5.74, 6) is 1.44. The zero-order valence-electron chi connectivity index (χ0n) is 45.4. The highest BCUT2D eigenvalue weighted by Gasteiger charge is 2.41. The van der Waals surface area contributed by atoms with Gasteiger partial charge in [0.25, 0.3) is 0 Å². The van der Waals surface area contributed by atoms with E-state index < -0.39 is 74.5 Å². The van der Waals surface area contributed by atoms with Gasteiger partial charge in [-0.25, -0.2) is 44.3 Å². The van der Waals surface area contributed by atoms with Crippen LogP contribution in [0.5, 0.6) is 17.2 Å². The van der Waals surface area contributed by atoms with Crippen molar-refractivity contribution >= 4 is 47.9 Å². The quantitative estimate of drug-likeness (QED) is 0.0765. The summed E-state index contributed by atoms with van der Waals surface area (Å²) in [6.45, 7) is 10.0. The Morgan fingerprint density at radius 2 is 1.22 bits per heavy atom. The smallest absolute Gasteiger partial charge is 0.410 e. The molecule has 3 N–H and O–H groups in total. The molecule has 0 spiro atoms. The molecule has 2 aliphatic rings. The van der Waals surface area contributed by atoms with Crippen molar-refractivity contribution in [1.29, 1.82) is 0 Å². The van der Waals surface area contributed by atoms with Gasteiger partial charge < -0.3 is 38.8 Å². The van der Waals surface area contributed by atoms with E-state index in [0.29, 0.717) is 28.4 Å². The summed E-state index contributed by atoms with van der Waals surface area (Å²) in [6, 6.07) is 22.5. The van der Waals surface area contributed by atoms with E-state index in [4.69, 9.17) is 28.8 Å². The van der Waals surface area contributed by atoms with Gasteiger partial charge in [-0.3, -0.25) is 0 Å². The van der Waals surface area contributed by atoms with Gasteiger partial charge in [-0.05, 0) is 131 Å². The number of hydrogen-bond donors (Lipinski definition) is 3. The molecule has 0 saturated carbocycles. The van der Waals surface area contributed by atoms with Crippen molar-refractivity contribution in [2.45, 2.75) is 113 Å². The summed E-state index contributed by atoms with van der Waals surface area (Å²) in [4.78, 5) is 28.5. The number of ether oxygens (including phenoxy) is 5. The first kappa shape index (κ1) is 59.1. The number of sulfonamides is 3. The molecule has 23 nitrogen and oxygen atoms in total. The van der Waals surface area contributed by atoms with Crippen LogP contribution in [0.15, 0.2) is 94.7 Å². The number of tetrazole rings is 1. The SMILES string of the molecule is COc1ccc(CN(Cc2ccc(OC)cc2)S(=O)(=O)c2c(S(=O)(=O)NC3CCN(C(=O)OC(C)(C)C)C3)ccc(N3CCC(S(=O)(=O)NCCNC(=O)OC(C)(C)C)CC3)c2-c2nnn(Cc3ccc(OC)cc3)n2)cc1. The number of carbonyl (C=O) groups is 2. The second-order valence-corrected chi connectivity index (χ2v) is 26.4. The number of nitrogens with one attached hydrogen (secondary N) is 3. The standard InChI is InChI=1S/C52H70N10O13S3/c1-51(2,3)74-49(63)53-27-28-54-76(65,66)43-25-30-59(31-26-43)44-22-23-45(77(67,68)57-39-24-29-60(35-39)50(64)75-52(4,5)6)47(46(44)48-55-58-62(56-48)34-38-14-20-42(73-9)21-15-38)78(69,70)61(32-36-10-16-40(71-7)17-11-36)33-37-12-18-41(72-8)19-13-37/h10-23,39,43,54,57H,24-35H2,1-9H3,(H,53,63). The van der Waals surface area contributed by atoms with E-state index in [1.165, 1.54) is 40.4 Å². The molecule has 0 bridgehead atoms. The van der Waals surface area contributed by atoms with Crippen LogP contribution in [0.3, 0.4) is 0 Å². The molecule has 2 saturated heterocycles. The van der Waals surface area contributed by atoms with Crippen LogP contribution < -0.4 is 33.9 Å². The molecule has 1 unspecified atom stereocenters. The van der Waals surface area contributed by atoms with Crippen LogP contribution in [-0.4, -0.2) is 150 Å². The van der Waals surface area contributed by atoms with Crippen LogP contribution in [0.4, 0.5) is 15.3 Å². The average molecular weight is 1140 g/mol. The lowest BCUT2D eigenvalue weighted by molar-refractivity contribution is 0.0291. The minimum absolute atomic E-state index is 0.0272. The maximum absolute atomic E-state index is 16.3. The highest BCUT2D eigenvalue weighted by Crippen LogP contribution is 2.42. The van der Waals surface area contributed by atoms with Crippen molar-refractivity contribution in [3.05, 3.63) is 102 Å². The summed E-state index contributed by atoms with van der Waals surface area (Å²) >= 11 is 0. The highest BCUT2D eigenvalue weighted by molar-refractivity contribution is 7.92. The summed E-state index contributed by atoms with van der Waals surface area (Å²) in [5.41, 5.74) is 0.286. The van der Waals surface area contributed by atoms with E-state index in [-0.39, 0.29) is 95.2 Å². The Morgan fingerprint density at radius 3 is 1.74 bits per heavy atom. The Balaban J connectivity index is 1.34. The maximum Gasteiger partial charge on any atom is 0.410 e. The molecule has 26 heteroatoms. The normalized spacial score (nSPS) is 15.8. The largest absolute Gasteiger partial charge is 0.497 e. The molecule has 2 amide bonds. The zero-order chi connectivity index (χ0) is 56.6. The first-order chi connectivity index (χ1) is 36.8. The predicted molar refractivity (Wildman–Crippen MR) is 291 cm³/mol. The number of piperidine rings is 1. The molecule has 78 heavy (non-hydrogen) atoms. The van der Waals surface area contributed by atoms with Crippen LogP contribution in [0.25, 0.3) is 11.4 Å². The molecular weight excluding hydrogens is 1070 g/mol. The molecular formula is C52H70N10O13S3. The number of rotatable bonds is 21. The fourth-order valence-electron chi connectivity index (χ4n) is 8.86. The fourth-order valence-corrected chi connectivity index (χ4v) is 14.0. The Hall–Kier alpha value is -6.58. The third-order valence-corrected chi connectivity index (χ3v) is 18.2. The average Bonchev–Trinajstić information content (AvgIpc) is 4.14. The number of alkyl carbamates (subject to hydrolysis) is 1. The number of anilines is 1. The van der Waals surface area contributed by atoms with Crippen LogP contribution in [-0.2, 0) is 59.2 Å². The van der Waals surface area contributed by atoms with Crippen molar-refractivity contribution in [3.63, 3.8) is 0 Å². The van der Waals surface area contributed by atoms with Crippen LogP contribution in [0, 0.1) is 0 Å². The first-order valence-electron chi connectivity index (χ1n) is 25.3. The van der Waals surface area contributed by atoms with Gasteiger partial charge >= 0.3 is 12.2 Å². The molecule has 3 heterocycles. The Bertz CT molecular complexity index is 3160. The monoisotopic (exact) mass is 1140 g/mol. The first-order valence-corrected chi connectivity index (χ1v) is 29.8. The Labute approximate surface area is 457 Å². The maximum atomic E-state index is 16.3. The van der Waals surface area contributed by atoms with Crippen LogP contribution in [0.2, 0.25) is 0 Å². The number of aromatic nitrogens is 4. The molecule has 5 aromatic rings. The van der Waals surface area contributed by atoms with E-state index in [1.54, 1.807) is 126 Å². The summed E-state index contributed by atoms with van der Waals surface area (Å²) in [5, 5.41) is 15.2. The van der Waals surface area contributed by atoms with Crippen molar-refractivity contribution in [2.24, 2.45) is 0 Å². The van der Waals surface area contributed by atoms with Gasteiger partial charge in [0.2, 0.25) is 35.9 Å². The second kappa shape index (κ2) is 24.6. The topological polar surface area (TPSA) is 272 Å². The molecule has 2 aliphatic heterocycles. The van der Waals surface area contributed by atoms with Crippen molar-refractivity contribution < 1.29 is 58.5 Å². The van der Waals surface area contributed by atoms with Gasteiger partial charge in [0.1, 0.15) is 38.2 Å². The number of amides is 2. The lowest BCUT2D eigenvalue weighted by Gasteiger charge is -2.35. The van der Waals surface area contributed by atoms with Gasteiger partial charge in [-0.2, -0.15) is 9.10 Å². The number of benzene rings is 4. The van der Waals surface area contributed by atoms with Gasteiger partial charge in [0.15, 0.2) is 0 Å². The van der Waals surface area contributed by atoms with Crippen molar-refractivity contribution in [3.8, 4) is 28.6 Å². The third-order valence-electron chi connectivity index (χ3n) is 12.7. The third kappa shape index (κ3) is 15.4. The number of hydrogen-bond acceptors (Lipinski definition) is 17. The van der Waals surface area contributed by atoms with Gasteiger partial charge in [-0.15, -0.1) is 10.2 Å². The number of likely N-dealkylation sites (tertiary alicyclic amines) is 1. The molecule has 1 aromatic heterocycles. The molecule has 0 aliphatic carbocycles. The van der Waals surface area contributed by atoms with Crippen LogP contribution >= 0.6 is 0 Å². The van der Waals surface area contributed by atoms with Gasteiger partial charge in [0.05, 0.1) is 38.7 Å². The van der Waals surface area contributed by atoms with E-state index in [9.17, 15) is 18.0 Å². The lowest BCUT2D eigenvalue weighted by atomic mass is 10.1. The minimum atomic E-state index is -5.02. The van der Waals surface area contributed by atoms with E-state index >= 15 is 16.8 Å². The van der Waals surface area contributed by atoms with Gasteiger partial charge in [0, 0.05) is 64.1 Å². The van der Waals surface area contributed by atoms with E-state index in [0.717, 1.165) is 5.56 Å². The highest BCUT2D eigenvalue weighted by atomic mass is 32.2. The predicted octanol–water partition coefficient (Wildman–Crippen LogP) is 5.51. The van der Waals surface area contributed by atoms with E-state index in [1.807, 2.05) is 0 Å². The summed E-state index contributed by atoms with van der Waals surface area (Å²) in [6.07, 6.45) is -0.970. The van der Waals surface area contributed by atoms with Crippen molar-refractivity contribution in [2.75, 3.05) is 65.5 Å². The zero-order valence-corrected chi connectivity index (χ0v) is 47.8. The molecule has 1 atom stereocenters. The minimum Gasteiger partial charge on any atom is -0.497 e. The molecule has 424 valence electrons. The number of methoxy groups -OCH3 is 3. The molecule has 4 aromatic carbocycles. The van der Waals surface area contributed by atoms with Gasteiger partial charge in [-0.1, -0.05) is 36.4 Å². The lowest BCUT2D eigenvalue weighted by Crippen LogP contribution is -2.45.